The zero-order valence-corrected chi connectivity index (χ0v) is 8.91. The van der Waals surface area contributed by atoms with Gasteiger partial charge in [0.25, 0.3) is 0 Å². The fraction of sp³-hybridized carbons (Fsp3) is 0.308. The quantitative estimate of drug-likeness (QED) is 0.736. The van der Waals surface area contributed by atoms with E-state index in [1.807, 2.05) is 48.6 Å². The summed E-state index contributed by atoms with van der Waals surface area (Å²) >= 11 is 0. The molecule has 0 radical (unpaired) electrons. The Morgan fingerprint density at radius 3 is 2.31 bits per heavy atom. The van der Waals surface area contributed by atoms with Crippen molar-refractivity contribution in [3.63, 3.8) is 0 Å². The van der Waals surface area contributed by atoms with Gasteiger partial charge in [-0.2, -0.15) is 0 Å². The molecule has 2 rings (SSSR count). The molecule has 1 amide bonds. The van der Waals surface area contributed by atoms with Gasteiger partial charge in [-0.05, 0) is 0 Å². The molecule has 3 nitrogen and oxygen atoms in total. The molecule has 0 aromatic rings. The molecule has 3 heteroatoms. The molecule has 2 aliphatic rings. The van der Waals surface area contributed by atoms with Crippen molar-refractivity contribution in [2.24, 2.45) is 11.8 Å². The molecule has 0 fully saturated rings. The van der Waals surface area contributed by atoms with Gasteiger partial charge in [0.05, 0.1) is 12.0 Å². The van der Waals surface area contributed by atoms with Crippen molar-refractivity contribution in [1.82, 2.24) is 5.32 Å². The molecule has 2 N–H and O–H groups in total. The van der Waals surface area contributed by atoms with E-state index in [0.29, 0.717) is 0 Å². The van der Waals surface area contributed by atoms with E-state index in [9.17, 15) is 9.90 Å². The maximum absolute atomic E-state index is 11.6. The third-order valence-corrected chi connectivity index (χ3v) is 2.76. The van der Waals surface area contributed by atoms with Crippen LogP contribution in [0.3, 0.4) is 0 Å². The summed E-state index contributed by atoms with van der Waals surface area (Å²) in [5.74, 6) is -0.216. The maximum Gasteiger partial charge on any atom is 0.230 e. The lowest BCUT2D eigenvalue weighted by Gasteiger charge is -2.16. The Hall–Kier alpha value is -1.61. The molecule has 2 aliphatic carbocycles. The normalized spacial score (nSPS) is 20.8. The molecular formula is C13H15NO2. The molecular weight excluding hydrogens is 202 g/mol. The highest BCUT2D eigenvalue weighted by Crippen LogP contribution is 2.13. The highest BCUT2D eigenvalue weighted by atomic mass is 16.3. The molecule has 0 unspecified atom stereocenters. The second-order valence-corrected chi connectivity index (χ2v) is 3.96. The van der Waals surface area contributed by atoms with Crippen LogP contribution in [0.1, 0.15) is 0 Å². The number of hydrogen-bond donors (Lipinski definition) is 2. The summed E-state index contributed by atoms with van der Waals surface area (Å²) in [5.41, 5.74) is 0. The van der Waals surface area contributed by atoms with E-state index in [0.717, 1.165) is 0 Å². The van der Waals surface area contributed by atoms with E-state index in [2.05, 4.69) is 5.32 Å². The predicted octanol–water partition coefficient (Wildman–Crippen LogP) is 0.948. The lowest BCUT2D eigenvalue weighted by molar-refractivity contribution is -0.122. The van der Waals surface area contributed by atoms with Gasteiger partial charge >= 0.3 is 0 Å². The van der Waals surface area contributed by atoms with Gasteiger partial charge in [-0.1, -0.05) is 48.6 Å². The standard InChI is InChI=1S/C13H15NO2/c15-12(10-5-1-2-6-10)9-14-13(16)11-7-3-4-8-11/h1-8,10-12,15H,9H2,(H,14,16)/t12-/m1/s1. The van der Waals surface area contributed by atoms with Crippen molar-refractivity contribution >= 4 is 5.91 Å². The van der Waals surface area contributed by atoms with Crippen LogP contribution in [0.25, 0.3) is 0 Å². The molecule has 0 aromatic heterocycles. The van der Waals surface area contributed by atoms with Crippen LogP contribution in [0.4, 0.5) is 0 Å². The van der Waals surface area contributed by atoms with E-state index in [4.69, 9.17) is 0 Å². The number of rotatable bonds is 4. The summed E-state index contributed by atoms with van der Waals surface area (Å²) < 4.78 is 0. The highest BCUT2D eigenvalue weighted by Gasteiger charge is 2.19. The van der Waals surface area contributed by atoms with Crippen LogP contribution in [0.5, 0.6) is 0 Å². The predicted molar refractivity (Wildman–Crippen MR) is 62.6 cm³/mol. The van der Waals surface area contributed by atoms with Gasteiger partial charge in [0.2, 0.25) is 5.91 Å². The third kappa shape index (κ3) is 2.49. The average Bonchev–Trinajstić information content (AvgIpc) is 2.95. The smallest absolute Gasteiger partial charge is 0.230 e. The lowest BCUT2D eigenvalue weighted by atomic mass is 10.0. The van der Waals surface area contributed by atoms with Crippen molar-refractivity contribution in [2.45, 2.75) is 6.10 Å². The second-order valence-electron chi connectivity index (χ2n) is 3.96. The molecule has 1 atom stereocenters. The van der Waals surface area contributed by atoms with Gasteiger partial charge in [-0.15, -0.1) is 0 Å². The van der Waals surface area contributed by atoms with Crippen LogP contribution in [-0.2, 0) is 4.79 Å². The Bertz CT molecular complexity index is 355. The van der Waals surface area contributed by atoms with Gasteiger partial charge in [-0.25, -0.2) is 0 Å². The largest absolute Gasteiger partial charge is 0.390 e. The minimum atomic E-state index is -0.548. The van der Waals surface area contributed by atoms with Crippen LogP contribution >= 0.6 is 0 Å². The Morgan fingerprint density at radius 2 is 1.69 bits per heavy atom. The first-order chi connectivity index (χ1) is 7.77. The molecule has 0 heterocycles. The van der Waals surface area contributed by atoms with E-state index < -0.39 is 6.10 Å². The molecule has 0 saturated heterocycles. The molecule has 0 saturated carbocycles. The van der Waals surface area contributed by atoms with E-state index in [1.54, 1.807) is 0 Å². The number of nitrogens with one attached hydrogen (secondary N) is 1. The second kappa shape index (κ2) is 4.94. The number of aliphatic hydroxyl groups excluding tert-OH is 1. The number of carbonyl (C=O) groups excluding carboxylic acids is 1. The summed E-state index contributed by atoms with van der Waals surface area (Å²) in [7, 11) is 0. The van der Waals surface area contributed by atoms with Crippen molar-refractivity contribution < 1.29 is 9.90 Å². The lowest BCUT2D eigenvalue weighted by Crippen LogP contribution is -2.37. The van der Waals surface area contributed by atoms with Crippen molar-refractivity contribution in [3.8, 4) is 0 Å². The Balaban J connectivity index is 1.76. The zero-order chi connectivity index (χ0) is 11.4. The van der Waals surface area contributed by atoms with Crippen LogP contribution < -0.4 is 5.32 Å². The van der Waals surface area contributed by atoms with Crippen LogP contribution in [-0.4, -0.2) is 23.7 Å². The number of aliphatic hydroxyl groups is 1. The van der Waals surface area contributed by atoms with Crippen LogP contribution in [0, 0.1) is 11.8 Å². The molecule has 16 heavy (non-hydrogen) atoms. The molecule has 0 spiro atoms. The van der Waals surface area contributed by atoms with Crippen molar-refractivity contribution in [1.29, 1.82) is 0 Å². The van der Waals surface area contributed by atoms with Gasteiger partial charge in [0.1, 0.15) is 0 Å². The molecule has 0 aliphatic heterocycles. The SMILES string of the molecule is O=C(NC[C@@H](O)C1C=CC=C1)C1C=CC=C1. The molecule has 0 aromatic carbocycles. The summed E-state index contributed by atoms with van der Waals surface area (Å²) in [6, 6.07) is 0. The minimum Gasteiger partial charge on any atom is -0.390 e. The Morgan fingerprint density at radius 1 is 1.12 bits per heavy atom. The first-order valence-corrected chi connectivity index (χ1v) is 5.43. The van der Waals surface area contributed by atoms with Crippen molar-refractivity contribution in [2.75, 3.05) is 6.54 Å². The molecule has 84 valence electrons. The monoisotopic (exact) mass is 217 g/mol. The summed E-state index contributed by atoms with van der Waals surface area (Å²) in [4.78, 5) is 11.6. The van der Waals surface area contributed by atoms with Gasteiger partial charge < -0.3 is 10.4 Å². The van der Waals surface area contributed by atoms with Crippen LogP contribution in [0.2, 0.25) is 0 Å². The first kappa shape index (κ1) is 10.9. The van der Waals surface area contributed by atoms with Crippen LogP contribution in [0.15, 0.2) is 48.6 Å². The van der Waals surface area contributed by atoms with Gasteiger partial charge in [0, 0.05) is 12.5 Å². The Kier molecular flexibility index (Phi) is 3.37. The van der Waals surface area contributed by atoms with Crippen molar-refractivity contribution in [3.05, 3.63) is 48.6 Å². The van der Waals surface area contributed by atoms with E-state index in [-0.39, 0.29) is 24.3 Å². The first-order valence-electron chi connectivity index (χ1n) is 5.43. The maximum atomic E-state index is 11.6. The number of amides is 1. The fourth-order valence-corrected chi connectivity index (χ4v) is 1.77. The van der Waals surface area contributed by atoms with E-state index >= 15 is 0 Å². The number of allylic oxidation sites excluding steroid dienone is 4. The third-order valence-electron chi connectivity index (χ3n) is 2.76. The topological polar surface area (TPSA) is 49.3 Å². The van der Waals surface area contributed by atoms with E-state index in [1.165, 1.54) is 0 Å². The minimum absolute atomic E-state index is 0.0231. The summed E-state index contributed by atoms with van der Waals surface area (Å²) in [6.45, 7) is 0.288. The number of carbonyl (C=O) groups is 1. The molecule has 0 bridgehead atoms. The van der Waals surface area contributed by atoms with Gasteiger partial charge in [-0.3, -0.25) is 4.79 Å². The van der Waals surface area contributed by atoms with Gasteiger partial charge in [0.15, 0.2) is 0 Å². The highest BCUT2D eigenvalue weighted by molar-refractivity contribution is 5.83. The zero-order valence-electron chi connectivity index (χ0n) is 8.91. The fourth-order valence-electron chi connectivity index (χ4n) is 1.77. The average molecular weight is 217 g/mol. The number of hydrogen-bond acceptors (Lipinski definition) is 2. The summed E-state index contributed by atoms with van der Waals surface area (Å²) in [5, 5.41) is 12.5. The summed E-state index contributed by atoms with van der Waals surface area (Å²) in [6.07, 6.45) is 14.5. The Labute approximate surface area is 94.9 Å².